The largest absolute Gasteiger partial charge is 0.485 e. The maximum Gasteiger partial charge on any atom is 0.136 e. The lowest BCUT2D eigenvalue weighted by molar-refractivity contribution is -0.0742. The van der Waals surface area contributed by atoms with E-state index in [1.807, 2.05) is 42.5 Å². The summed E-state index contributed by atoms with van der Waals surface area (Å²) in [6, 6.07) is 17.5. The molecular weight excluding hydrogens is 376 g/mol. The van der Waals surface area contributed by atoms with Crippen LogP contribution in [0, 0.1) is 5.41 Å². The van der Waals surface area contributed by atoms with Gasteiger partial charge in [-0.2, -0.15) is 0 Å². The van der Waals surface area contributed by atoms with Crippen molar-refractivity contribution in [2.75, 3.05) is 19.8 Å². The van der Waals surface area contributed by atoms with Gasteiger partial charge in [0.05, 0.1) is 25.2 Å². The van der Waals surface area contributed by atoms with E-state index in [1.165, 1.54) is 50.5 Å². The highest BCUT2D eigenvalue weighted by Crippen LogP contribution is 2.37. The molecule has 0 aliphatic rings. The first-order valence-electron chi connectivity index (χ1n) is 11.3. The Morgan fingerprint density at radius 1 is 0.733 bits per heavy atom. The number of ether oxygens (including phenoxy) is 1. The van der Waals surface area contributed by atoms with Crippen LogP contribution in [0.4, 0.5) is 0 Å². The second-order valence-corrected chi connectivity index (χ2v) is 8.26. The van der Waals surface area contributed by atoms with Crippen molar-refractivity contribution < 1.29 is 20.1 Å². The van der Waals surface area contributed by atoms with Gasteiger partial charge in [-0.15, -0.1) is 0 Å². The van der Waals surface area contributed by atoms with Crippen molar-refractivity contribution in [1.82, 2.24) is 0 Å². The predicted molar refractivity (Wildman–Crippen MR) is 122 cm³/mol. The van der Waals surface area contributed by atoms with E-state index < -0.39 is 11.5 Å². The highest BCUT2D eigenvalue weighted by Gasteiger charge is 2.40. The van der Waals surface area contributed by atoms with Crippen molar-refractivity contribution in [2.24, 2.45) is 5.41 Å². The summed E-state index contributed by atoms with van der Waals surface area (Å²) >= 11 is 0. The number of hydrogen-bond acceptors (Lipinski definition) is 4. The number of aryl methyl sites for hydroxylation is 1. The minimum absolute atomic E-state index is 0.379. The van der Waals surface area contributed by atoms with Crippen molar-refractivity contribution >= 4 is 0 Å². The second kappa shape index (κ2) is 13.4. The summed E-state index contributed by atoms with van der Waals surface area (Å²) in [6.45, 7) is 1.11. The predicted octanol–water partition coefficient (Wildman–Crippen LogP) is 5.06. The van der Waals surface area contributed by atoms with Gasteiger partial charge in [-0.25, -0.2) is 0 Å². The fourth-order valence-corrected chi connectivity index (χ4v) is 3.73. The van der Waals surface area contributed by atoms with Gasteiger partial charge in [0.25, 0.3) is 0 Å². The van der Waals surface area contributed by atoms with Crippen molar-refractivity contribution in [1.29, 1.82) is 0 Å². The Morgan fingerprint density at radius 2 is 1.30 bits per heavy atom. The molecule has 2 aromatic carbocycles. The molecule has 0 aliphatic heterocycles. The van der Waals surface area contributed by atoms with Gasteiger partial charge in [-0.05, 0) is 36.1 Å². The third-order valence-corrected chi connectivity index (χ3v) is 5.85. The molecule has 3 N–H and O–H groups in total. The average Bonchev–Trinajstić information content (AvgIpc) is 2.80. The molecule has 30 heavy (non-hydrogen) atoms. The first-order chi connectivity index (χ1) is 14.7. The molecule has 0 aromatic heterocycles. The second-order valence-electron chi connectivity index (χ2n) is 8.26. The Bertz CT molecular complexity index is 672. The Hall–Kier alpha value is -1.88. The molecule has 1 atom stereocenters. The molecule has 4 nitrogen and oxygen atoms in total. The normalized spacial score (nSPS) is 12.7. The summed E-state index contributed by atoms with van der Waals surface area (Å²) in [7, 11) is 0. The lowest BCUT2D eigenvalue weighted by Gasteiger charge is -2.36. The van der Waals surface area contributed by atoms with Gasteiger partial charge in [0.15, 0.2) is 0 Å². The van der Waals surface area contributed by atoms with Crippen LogP contribution in [0.1, 0.15) is 69.1 Å². The van der Waals surface area contributed by atoms with Gasteiger partial charge in [-0.1, -0.05) is 87.9 Å². The minimum Gasteiger partial charge on any atom is -0.485 e. The standard InChI is InChI=1S/C26H38O4/c1-2-3-4-5-6-7-9-12-22-15-17-24(18-16-22)30-25(23-13-10-8-11-14-23)26(19-27,20-28)21-29/h8,10-11,13-18,25,27-29H,2-7,9,12,19-21H2,1H3. The molecule has 4 heteroatoms. The van der Waals surface area contributed by atoms with E-state index in [1.54, 1.807) is 0 Å². The Labute approximate surface area is 181 Å². The zero-order chi connectivity index (χ0) is 21.7. The zero-order valence-corrected chi connectivity index (χ0v) is 18.3. The Balaban J connectivity index is 1.98. The van der Waals surface area contributed by atoms with E-state index in [9.17, 15) is 15.3 Å². The number of aliphatic hydroxyl groups is 3. The Morgan fingerprint density at radius 3 is 1.87 bits per heavy atom. The SMILES string of the molecule is CCCCCCCCCc1ccc(OC(c2ccccc2)C(CO)(CO)CO)cc1. The molecule has 0 saturated heterocycles. The van der Waals surface area contributed by atoms with Crippen molar-refractivity contribution in [3.05, 3.63) is 65.7 Å². The van der Waals surface area contributed by atoms with Crippen LogP contribution in [-0.4, -0.2) is 35.1 Å². The van der Waals surface area contributed by atoms with Crippen molar-refractivity contribution in [2.45, 2.75) is 64.4 Å². The van der Waals surface area contributed by atoms with Crippen molar-refractivity contribution in [3.63, 3.8) is 0 Å². The highest BCUT2D eigenvalue weighted by molar-refractivity contribution is 5.29. The Kier molecular flexibility index (Phi) is 10.9. The smallest absolute Gasteiger partial charge is 0.136 e. The van der Waals surface area contributed by atoms with Gasteiger partial charge in [0.2, 0.25) is 0 Å². The molecule has 1 unspecified atom stereocenters. The molecule has 0 heterocycles. The monoisotopic (exact) mass is 414 g/mol. The lowest BCUT2D eigenvalue weighted by Crippen LogP contribution is -2.42. The van der Waals surface area contributed by atoms with E-state index in [2.05, 4.69) is 19.1 Å². The highest BCUT2D eigenvalue weighted by atomic mass is 16.5. The molecular formula is C26H38O4. The van der Waals surface area contributed by atoms with Gasteiger partial charge in [0, 0.05) is 0 Å². The summed E-state index contributed by atoms with van der Waals surface area (Å²) < 4.78 is 6.19. The first-order valence-corrected chi connectivity index (χ1v) is 11.3. The van der Waals surface area contributed by atoms with E-state index in [0.29, 0.717) is 5.75 Å². The number of aliphatic hydroxyl groups excluding tert-OH is 3. The van der Waals surface area contributed by atoms with Crippen LogP contribution in [0.2, 0.25) is 0 Å². The quantitative estimate of drug-likeness (QED) is 0.356. The van der Waals surface area contributed by atoms with Gasteiger partial charge in [-0.3, -0.25) is 0 Å². The zero-order valence-electron chi connectivity index (χ0n) is 18.3. The van der Waals surface area contributed by atoms with Crippen LogP contribution < -0.4 is 4.74 Å². The van der Waals surface area contributed by atoms with E-state index in [0.717, 1.165) is 12.0 Å². The van der Waals surface area contributed by atoms with Crippen LogP contribution in [0.15, 0.2) is 54.6 Å². The van der Waals surface area contributed by atoms with Gasteiger partial charge >= 0.3 is 0 Å². The first kappa shape index (κ1) is 24.4. The minimum atomic E-state index is -1.17. The lowest BCUT2D eigenvalue weighted by atomic mass is 9.80. The summed E-state index contributed by atoms with van der Waals surface area (Å²) in [5, 5.41) is 29.8. The van der Waals surface area contributed by atoms with Crippen LogP contribution in [0.5, 0.6) is 5.75 Å². The molecule has 2 rings (SSSR count). The molecule has 0 fully saturated rings. The van der Waals surface area contributed by atoms with Crippen molar-refractivity contribution in [3.8, 4) is 5.75 Å². The molecule has 0 spiro atoms. The fraction of sp³-hybridized carbons (Fsp3) is 0.538. The fourth-order valence-electron chi connectivity index (χ4n) is 3.73. The number of rotatable bonds is 15. The topological polar surface area (TPSA) is 69.9 Å². The van der Waals surface area contributed by atoms with E-state index in [-0.39, 0.29) is 19.8 Å². The summed E-state index contributed by atoms with van der Waals surface area (Å²) in [5.41, 5.74) is 0.921. The molecule has 2 aromatic rings. The molecule has 0 aliphatic carbocycles. The third-order valence-electron chi connectivity index (χ3n) is 5.85. The summed E-state index contributed by atoms with van der Waals surface area (Å²) in [4.78, 5) is 0. The molecule has 0 saturated carbocycles. The van der Waals surface area contributed by atoms with Gasteiger partial charge in [0.1, 0.15) is 11.9 Å². The number of hydrogen-bond donors (Lipinski definition) is 3. The third kappa shape index (κ3) is 7.12. The number of benzene rings is 2. The molecule has 0 amide bonds. The molecule has 0 bridgehead atoms. The maximum absolute atomic E-state index is 9.92. The summed E-state index contributed by atoms with van der Waals surface area (Å²) in [5.74, 6) is 0.659. The maximum atomic E-state index is 9.92. The number of unbranched alkanes of at least 4 members (excludes halogenated alkanes) is 6. The van der Waals surface area contributed by atoms with Crippen LogP contribution in [-0.2, 0) is 6.42 Å². The van der Waals surface area contributed by atoms with Crippen LogP contribution >= 0.6 is 0 Å². The van der Waals surface area contributed by atoms with Gasteiger partial charge < -0.3 is 20.1 Å². The average molecular weight is 415 g/mol. The molecule has 166 valence electrons. The van der Waals surface area contributed by atoms with E-state index in [4.69, 9.17) is 4.74 Å². The molecule has 0 radical (unpaired) electrons. The summed E-state index contributed by atoms with van der Waals surface area (Å²) in [6.07, 6.45) is 9.49. The van der Waals surface area contributed by atoms with E-state index >= 15 is 0 Å². The van der Waals surface area contributed by atoms with Crippen LogP contribution in [0.3, 0.4) is 0 Å². The van der Waals surface area contributed by atoms with Crippen LogP contribution in [0.25, 0.3) is 0 Å².